The third-order valence-electron chi connectivity index (χ3n) is 4.78. The third kappa shape index (κ3) is 4.34. The molecule has 3 heterocycles. The summed E-state index contributed by atoms with van der Waals surface area (Å²) in [5.74, 6) is 1.69. The molecule has 0 saturated heterocycles. The fourth-order valence-electron chi connectivity index (χ4n) is 3.48. The zero-order valence-corrected chi connectivity index (χ0v) is 16.5. The summed E-state index contributed by atoms with van der Waals surface area (Å²) in [5, 5.41) is 4.21. The molecule has 0 radical (unpaired) electrons. The highest BCUT2D eigenvalue weighted by Crippen LogP contribution is 2.31. The van der Waals surface area contributed by atoms with Gasteiger partial charge in [-0.3, -0.25) is 14.6 Å². The van der Waals surface area contributed by atoms with Crippen molar-refractivity contribution in [2.45, 2.75) is 26.4 Å². The maximum Gasteiger partial charge on any atom is 0.161 e. The van der Waals surface area contributed by atoms with Crippen LogP contribution in [-0.2, 0) is 20.1 Å². The van der Waals surface area contributed by atoms with Crippen molar-refractivity contribution < 1.29 is 9.47 Å². The number of rotatable bonds is 7. The first-order valence-corrected chi connectivity index (χ1v) is 9.76. The lowest BCUT2D eigenvalue weighted by molar-refractivity contribution is 0.171. The topological polar surface area (TPSA) is 52.4 Å². The number of ether oxygens (including phenoxy) is 2. The summed E-state index contributed by atoms with van der Waals surface area (Å²) in [5.41, 5.74) is 4.43. The van der Waals surface area contributed by atoms with E-state index < -0.39 is 0 Å². The highest BCUT2D eigenvalue weighted by Gasteiger charge is 2.14. The van der Waals surface area contributed by atoms with Crippen LogP contribution in [0.15, 0.2) is 48.9 Å². The molecule has 6 nitrogen and oxygen atoms in total. The summed E-state index contributed by atoms with van der Waals surface area (Å²) < 4.78 is 13.1. The Kier molecular flexibility index (Phi) is 5.58. The molecule has 0 spiro atoms. The summed E-state index contributed by atoms with van der Waals surface area (Å²) in [4.78, 5) is 7.06. The molecule has 1 aromatic carbocycles. The Labute approximate surface area is 165 Å². The monoisotopic (exact) mass is 378 g/mol. The zero-order valence-electron chi connectivity index (χ0n) is 16.5. The lowest BCUT2D eigenvalue weighted by Crippen LogP contribution is -2.24. The van der Waals surface area contributed by atoms with Crippen LogP contribution in [0.1, 0.15) is 24.5 Å². The number of benzene rings is 1. The predicted molar refractivity (Wildman–Crippen MR) is 108 cm³/mol. The maximum absolute atomic E-state index is 5.72. The van der Waals surface area contributed by atoms with E-state index in [0.717, 1.165) is 48.8 Å². The molecule has 0 bridgehead atoms. The van der Waals surface area contributed by atoms with Gasteiger partial charge in [0, 0.05) is 38.1 Å². The van der Waals surface area contributed by atoms with E-state index in [0.29, 0.717) is 13.2 Å². The first-order chi connectivity index (χ1) is 13.7. The van der Waals surface area contributed by atoms with Crippen LogP contribution in [0.4, 0.5) is 0 Å². The number of hydrogen-bond donors (Lipinski definition) is 0. The first-order valence-electron chi connectivity index (χ1n) is 9.76. The number of fused-ring (bicyclic) bond motifs is 1. The van der Waals surface area contributed by atoms with Crippen molar-refractivity contribution in [1.82, 2.24) is 19.7 Å². The zero-order chi connectivity index (χ0) is 19.3. The molecule has 0 unspecified atom stereocenters. The van der Waals surface area contributed by atoms with E-state index in [-0.39, 0.29) is 0 Å². The van der Waals surface area contributed by atoms with E-state index in [1.807, 2.05) is 31.7 Å². The molecule has 0 atom stereocenters. The average Bonchev–Trinajstić information content (AvgIpc) is 3.15. The van der Waals surface area contributed by atoms with E-state index in [2.05, 4.69) is 46.2 Å². The van der Waals surface area contributed by atoms with Crippen molar-refractivity contribution in [3.8, 4) is 22.8 Å². The molecular weight excluding hydrogens is 352 g/mol. The van der Waals surface area contributed by atoms with Gasteiger partial charge in [-0.15, -0.1) is 0 Å². The van der Waals surface area contributed by atoms with E-state index in [1.54, 1.807) is 4.68 Å². The first kappa shape index (κ1) is 18.5. The van der Waals surface area contributed by atoms with Crippen molar-refractivity contribution >= 4 is 0 Å². The Morgan fingerprint density at radius 1 is 1.00 bits per heavy atom. The second-order valence-electron chi connectivity index (χ2n) is 7.14. The third-order valence-corrected chi connectivity index (χ3v) is 4.78. The molecular formula is C22H26N4O2. The van der Waals surface area contributed by atoms with Gasteiger partial charge in [0.15, 0.2) is 11.5 Å². The average molecular weight is 378 g/mol. The fraction of sp³-hybridized carbons (Fsp3) is 0.364. The fourth-order valence-corrected chi connectivity index (χ4v) is 3.48. The SMILES string of the molecule is CCCN(Cc1ccc(-c2cnn(C)c2)nc1)Cc1ccc2c(c1)OCCO2. The standard InChI is InChI=1S/C22H26N4O2/c1-3-8-26(14-17-5-7-21-22(11-17)28-10-9-27-21)15-18-4-6-20(23-12-18)19-13-24-25(2)16-19/h4-7,11-13,16H,3,8-10,14-15H2,1-2H3. The minimum absolute atomic E-state index is 0.615. The summed E-state index contributed by atoms with van der Waals surface area (Å²) in [6, 6.07) is 10.5. The van der Waals surface area contributed by atoms with Gasteiger partial charge in [-0.25, -0.2) is 0 Å². The van der Waals surface area contributed by atoms with Crippen molar-refractivity contribution in [3.63, 3.8) is 0 Å². The molecule has 4 rings (SSSR count). The molecule has 1 aliphatic rings. The van der Waals surface area contributed by atoms with Gasteiger partial charge in [-0.1, -0.05) is 19.1 Å². The van der Waals surface area contributed by atoms with Crippen LogP contribution in [0.3, 0.4) is 0 Å². The Bertz CT molecular complexity index is 921. The van der Waals surface area contributed by atoms with E-state index in [9.17, 15) is 0 Å². The van der Waals surface area contributed by atoms with Crippen molar-refractivity contribution in [2.24, 2.45) is 7.05 Å². The Hall–Kier alpha value is -2.86. The van der Waals surface area contributed by atoms with Gasteiger partial charge >= 0.3 is 0 Å². The van der Waals surface area contributed by atoms with Crippen LogP contribution >= 0.6 is 0 Å². The van der Waals surface area contributed by atoms with Gasteiger partial charge in [-0.05, 0) is 42.3 Å². The number of hydrogen-bond acceptors (Lipinski definition) is 5. The highest BCUT2D eigenvalue weighted by atomic mass is 16.6. The van der Waals surface area contributed by atoms with E-state index >= 15 is 0 Å². The van der Waals surface area contributed by atoms with Crippen molar-refractivity contribution in [3.05, 3.63) is 60.0 Å². The summed E-state index contributed by atoms with van der Waals surface area (Å²) in [6.07, 6.45) is 6.89. The van der Waals surface area contributed by atoms with Gasteiger partial charge in [-0.2, -0.15) is 5.10 Å². The highest BCUT2D eigenvalue weighted by molar-refractivity contribution is 5.56. The van der Waals surface area contributed by atoms with E-state index in [4.69, 9.17) is 9.47 Å². The smallest absolute Gasteiger partial charge is 0.161 e. The normalized spacial score (nSPS) is 13.1. The molecule has 28 heavy (non-hydrogen) atoms. The second kappa shape index (κ2) is 8.44. The Balaban J connectivity index is 1.44. The van der Waals surface area contributed by atoms with Gasteiger partial charge < -0.3 is 9.47 Å². The quantitative estimate of drug-likeness (QED) is 0.628. The van der Waals surface area contributed by atoms with Crippen molar-refractivity contribution in [1.29, 1.82) is 0 Å². The minimum Gasteiger partial charge on any atom is -0.486 e. The van der Waals surface area contributed by atoms with E-state index in [1.165, 1.54) is 11.1 Å². The molecule has 0 amide bonds. The molecule has 0 saturated carbocycles. The predicted octanol–water partition coefficient (Wildman–Crippen LogP) is 3.67. The molecule has 146 valence electrons. The minimum atomic E-state index is 0.615. The molecule has 0 fully saturated rings. The number of nitrogens with zero attached hydrogens (tertiary/aromatic N) is 4. The van der Waals surface area contributed by atoms with Gasteiger partial charge in [0.1, 0.15) is 13.2 Å². The van der Waals surface area contributed by atoms with Crippen LogP contribution in [0, 0.1) is 0 Å². The van der Waals surface area contributed by atoms with Crippen molar-refractivity contribution in [2.75, 3.05) is 19.8 Å². The largest absolute Gasteiger partial charge is 0.486 e. The summed E-state index contributed by atoms with van der Waals surface area (Å²) in [6.45, 7) is 6.21. The van der Waals surface area contributed by atoms with Crippen LogP contribution in [0.5, 0.6) is 11.5 Å². The number of aryl methyl sites for hydroxylation is 1. The lowest BCUT2D eigenvalue weighted by Gasteiger charge is -2.23. The van der Waals surface area contributed by atoms with Gasteiger partial charge in [0.2, 0.25) is 0 Å². The van der Waals surface area contributed by atoms with Crippen LogP contribution < -0.4 is 9.47 Å². The summed E-state index contributed by atoms with van der Waals surface area (Å²) in [7, 11) is 1.92. The van der Waals surface area contributed by atoms with Crippen LogP contribution in [-0.4, -0.2) is 39.4 Å². The van der Waals surface area contributed by atoms with Gasteiger partial charge in [0.25, 0.3) is 0 Å². The number of pyridine rings is 1. The molecule has 6 heteroatoms. The molecule has 0 aliphatic carbocycles. The molecule has 1 aliphatic heterocycles. The second-order valence-corrected chi connectivity index (χ2v) is 7.14. The Morgan fingerprint density at radius 2 is 1.79 bits per heavy atom. The summed E-state index contributed by atoms with van der Waals surface area (Å²) >= 11 is 0. The molecule has 0 N–H and O–H groups in total. The Morgan fingerprint density at radius 3 is 2.50 bits per heavy atom. The maximum atomic E-state index is 5.72. The van der Waals surface area contributed by atoms with Crippen LogP contribution in [0.25, 0.3) is 11.3 Å². The number of aromatic nitrogens is 3. The molecule has 2 aromatic heterocycles. The van der Waals surface area contributed by atoms with Gasteiger partial charge in [0.05, 0.1) is 11.9 Å². The molecule has 3 aromatic rings. The van der Waals surface area contributed by atoms with Crippen LogP contribution in [0.2, 0.25) is 0 Å². The lowest BCUT2D eigenvalue weighted by atomic mass is 10.1.